The van der Waals surface area contributed by atoms with Gasteiger partial charge in [-0.2, -0.15) is 11.5 Å². The van der Waals surface area contributed by atoms with Gasteiger partial charge in [0.25, 0.3) is 0 Å². The minimum atomic E-state index is 0.702. The smallest absolute Gasteiger partial charge is 0.402 e. The third kappa shape index (κ3) is 2.53. The minimum absolute atomic E-state index is 0.702. The van der Waals surface area contributed by atoms with Crippen LogP contribution in [0.5, 0.6) is 0 Å². The maximum Gasteiger partial charge on any atom is 0.402 e. The van der Waals surface area contributed by atoms with Crippen LogP contribution in [-0.2, 0) is 4.34 Å². The van der Waals surface area contributed by atoms with Crippen LogP contribution in [0.1, 0.15) is 0 Å². The SMILES string of the molecule is [SiH3]O[B]Cl. The second-order valence-electron chi connectivity index (χ2n) is 0.325. The van der Waals surface area contributed by atoms with Gasteiger partial charge in [-0.25, -0.2) is 0 Å². The van der Waals surface area contributed by atoms with E-state index in [0.717, 1.165) is 6.90 Å². The van der Waals surface area contributed by atoms with Crippen LogP contribution in [0.2, 0.25) is 0 Å². The van der Waals surface area contributed by atoms with Crippen molar-refractivity contribution in [2.24, 2.45) is 0 Å². The summed E-state index contributed by atoms with van der Waals surface area (Å²) in [4.78, 5) is 0. The lowest BCUT2D eigenvalue weighted by Crippen LogP contribution is -1.78. The molecule has 0 amide bonds. The summed E-state index contributed by atoms with van der Waals surface area (Å²) < 4.78 is 4.32. The molecule has 0 saturated carbocycles. The molecule has 0 fully saturated rings. The molecule has 0 aromatic rings. The number of hydrogen-bond donors (Lipinski definition) is 0. The second-order valence-corrected chi connectivity index (χ2v) is 0.974. The first-order valence-electron chi connectivity index (χ1n) is 0.862. The maximum absolute atomic E-state index is 4.87. The molecule has 0 bridgehead atoms. The Labute approximate surface area is 34.0 Å². The molecule has 0 unspecified atom stereocenters. The topological polar surface area (TPSA) is 9.23 Å². The number of halogens is 1. The highest BCUT2D eigenvalue weighted by Crippen LogP contribution is 1.59. The molecular weight excluding hydrogens is 90.3 g/mol. The molecule has 0 heterocycles. The summed E-state index contributed by atoms with van der Waals surface area (Å²) in [5.74, 6) is 0. The van der Waals surface area contributed by atoms with Gasteiger partial charge in [-0.15, -0.1) is 0 Å². The quantitative estimate of drug-likeness (QED) is 0.380. The van der Waals surface area contributed by atoms with Crippen LogP contribution in [0.4, 0.5) is 0 Å². The number of hydrogen-bond acceptors (Lipinski definition) is 1. The van der Waals surface area contributed by atoms with Gasteiger partial charge in [-0.3, -0.25) is 0 Å². The Balaban J connectivity index is 1.97. The fourth-order valence-corrected chi connectivity index (χ4v) is 0. The van der Waals surface area contributed by atoms with Gasteiger partial charge in [0.05, 0.1) is 0 Å². The predicted octanol–water partition coefficient (Wildman–Crippen LogP) is -0.944. The van der Waals surface area contributed by atoms with Crippen LogP contribution in [0.15, 0.2) is 0 Å². The zero-order valence-corrected chi connectivity index (χ0v) is 5.12. The first kappa shape index (κ1) is 4.53. The van der Waals surface area contributed by atoms with E-state index in [2.05, 4.69) is 4.34 Å². The third-order valence-electron chi connectivity index (χ3n) is 0.0891. The average Bonchev–Trinajstić information content (AvgIpc) is 1.37. The van der Waals surface area contributed by atoms with E-state index in [-0.39, 0.29) is 0 Å². The van der Waals surface area contributed by atoms with Crippen LogP contribution in [0, 0.1) is 0 Å². The molecule has 0 aliphatic rings. The minimum Gasteiger partial charge on any atom is -0.474 e. The van der Waals surface area contributed by atoms with Crippen LogP contribution >= 0.6 is 11.5 Å². The van der Waals surface area contributed by atoms with Crippen molar-refractivity contribution in [1.82, 2.24) is 0 Å². The molecule has 0 N–H and O–H groups in total. The van der Waals surface area contributed by atoms with Gasteiger partial charge in [-0.1, -0.05) is 0 Å². The van der Waals surface area contributed by atoms with Gasteiger partial charge in [0, 0.05) is 0 Å². The monoisotopic (exact) mass is 93.0 g/mol. The highest BCUT2D eigenvalue weighted by atomic mass is 35.5. The Bertz CT molecular complexity index is 10.0. The van der Waals surface area contributed by atoms with Gasteiger partial charge in [0.1, 0.15) is 10.5 Å². The van der Waals surface area contributed by atoms with Gasteiger partial charge in [0.15, 0.2) is 0 Å². The van der Waals surface area contributed by atoms with Crippen molar-refractivity contribution in [3.63, 3.8) is 0 Å². The third-order valence-corrected chi connectivity index (χ3v) is 0.802. The standard InChI is InChI=1S/BClH3OSi/c2-1-3-4/h4H3. The lowest BCUT2D eigenvalue weighted by molar-refractivity contribution is 0.683. The second kappa shape index (κ2) is 3.53. The summed E-state index contributed by atoms with van der Waals surface area (Å²) in [6.07, 6.45) is 0. The van der Waals surface area contributed by atoms with E-state index in [1.54, 1.807) is 0 Å². The Hall–Kier alpha value is 0.532. The molecule has 0 atom stereocenters. The molecular formula is H3BClOSi. The van der Waals surface area contributed by atoms with Crippen molar-refractivity contribution in [3.05, 3.63) is 0 Å². The Morgan fingerprint density at radius 2 is 2.25 bits per heavy atom. The van der Waals surface area contributed by atoms with Crippen LogP contribution in [0.3, 0.4) is 0 Å². The van der Waals surface area contributed by atoms with Gasteiger partial charge >= 0.3 is 6.90 Å². The van der Waals surface area contributed by atoms with E-state index in [1.807, 2.05) is 0 Å². The normalized spacial score (nSPS) is 7.25. The largest absolute Gasteiger partial charge is 0.474 e. The molecule has 4 heteroatoms. The van der Waals surface area contributed by atoms with Crippen molar-refractivity contribution in [3.8, 4) is 0 Å². The van der Waals surface area contributed by atoms with E-state index < -0.39 is 0 Å². The molecule has 0 aromatic heterocycles. The molecule has 0 saturated heterocycles. The molecule has 4 heavy (non-hydrogen) atoms. The summed E-state index contributed by atoms with van der Waals surface area (Å²) in [6.45, 7) is 1.16. The highest BCUT2D eigenvalue weighted by Gasteiger charge is 1.64. The summed E-state index contributed by atoms with van der Waals surface area (Å²) in [6, 6.07) is 0. The summed E-state index contributed by atoms with van der Waals surface area (Å²) >= 11 is 4.87. The van der Waals surface area contributed by atoms with Crippen molar-refractivity contribution in [2.45, 2.75) is 0 Å². The van der Waals surface area contributed by atoms with E-state index in [1.165, 1.54) is 0 Å². The Kier molecular flexibility index (Phi) is 4.00. The molecule has 1 nitrogen and oxygen atoms in total. The molecule has 0 aliphatic heterocycles. The van der Waals surface area contributed by atoms with Crippen LogP contribution < -0.4 is 0 Å². The molecule has 0 spiro atoms. The Morgan fingerprint density at radius 1 is 2.00 bits per heavy atom. The molecule has 0 aliphatic carbocycles. The molecule has 0 aromatic carbocycles. The van der Waals surface area contributed by atoms with Gasteiger partial charge < -0.3 is 4.34 Å². The fourth-order valence-electron chi connectivity index (χ4n) is 0. The Morgan fingerprint density at radius 3 is 2.25 bits per heavy atom. The van der Waals surface area contributed by atoms with Crippen LogP contribution in [0.25, 0.3) is 0 Å². The highest BCUT2D eigenvalue weighted by molar-refractivity contribution is 6.91. The van der Waals surface area contributed by atoms with Crippen molar-refractivity contribution in [2.75, 3.05) is 0 Å². The van der Waals surface area contributed by atoms with Gasteiger partial charge in [-0.05, 0) is 0 Å². The van der Waals surface area contributed by atoms with Gasteiger partial charge in [0.2, 0.25) is 0 Å². The predicted molar refractivity (Wildman–Crippen MR) is 22.6 cm³/mol. The van der Waals surface area contributed by atoms with Crippen molar-refractivity contribution < 1.29 is 4.34 Å². The molecule has 23 valence electrons. The van der Waals surface area contributed by atoms with E-state index in [0.29, 0.717) is 10.5 Å². The molecule has 1 radical (unpaired) electrons. The zero-order chi connectivity index (χ0) is 3.41. The van der Waals surface area contributed by atoms with E-state index in [4.69, 9.17) is 11.5 Å². The van der Waals surface area contributed by atoms with Crippen LogP contribution in [-0.4, -0.2) is 17.4 Å². The lowest BCUT2D eigenvalue weighted by Gasteiger charge is -1.70. The first-order chi connectivity index (χ1) is 1.91. The van der Waals surface area contributed by atoms with E-state index >= 15 is 0 Å². The summed E-state index contributed by atoms with van der Waals surface area (Å²) in [5.41, 5.74) is 0. The molecule has 0 rings (SSSR count). The summed E-state index contributed by atoms with van der Waals surface area (Å²) in [5, 5.41) is 0. The fraction of sp³-hybridized carbons (Fsp3) is 0. The lowest BCUT2D eigenvalue weighted by atomic mass is 10.6. The zero-order valence-electron chi connectivity index (χ0n) is 2.36. The van der Waals surface area contributed by atoms with Crippen molar-refractivity contribution >= 4 is 28.8 Å². The first-order valence-corrected chi connectivity index (χ1v) is 2.12. The van der Waals surface area contributed by atoms with E-state index in [9.17, 15) is 0 Å². The maximum atomic E-state index is 4.87. The number of rotatable bonds is 1. The average molecular weight is 93.4 g/mol. The van der Waals surface area contributed by atoms with Crippen molar-refractivity contribution in [1.29, 1.82) is 0 Å². The summed E-state index contributed by atoms with van der Waals surface area (Å²) in [7, 11) is 0.702.